The topological polar surface area (TPSA) is 107 Å². The summed E-state index contributed by atoms with van der Waals surface area (Å²) in [5.74, 6) is 0. The van der Waals surface area contributed by atoms with Crippen molar-refractivity contribution in [1.82, 2.24) is 10.3 Å². The molecular formula is C18H25N3O5S2. The highest BCUT2D eigenvalue weighted by atomic mass is 32.2. The van der Waals surface area contributed by atoms with Crippen molar-refractivity contribution in [3.05, 3.63) is 45.9 Å². The number of nitrogens with zero attached hydrogens (tertiary/aromatic N) is 1. The number of hydrogen-bond donors (Lipinski definition) is 3. The van der Waals surface area contributed by atoms with Gasteiger partial charge in [0, 0.05) is 18.2 Å². The lowest BCUT2D eigenvalue weighted by atomic mass is 10.1. The van der Waals surface area contributed by atoms with Gasteiger partial charge in [0.15, 0.2) is 0 Å². The lowest BCUT2D eigenvalue weighted by molar-refractivity contribution is 0.0503. The molecule has 0 radical (unpaired) electrons. The minimum absolute atomic E-state index is 0.389. The number of thiol groups is 1. The van der Waals surface area contributed by atoms with Crippen LogP contribution in [-0.4, -0.2) is 32.2 Å². The fourth-order valence-electron chi connectivity index (χ4n) is 2.40. The summed E-state index contributed by atoms with van der Waals surface area (Å²) in [6.07, 6.45) is -0.0502. The molecule has 0 aliphatic rings. The van der Waals surface area contributed by atoms with Crippen molar-refractivity contribution in [2.24, 2.45) is 0 Å². The molecule has 0 unspecified atom stereocenters. The first-order valence-electron chi connectivity index (χ1n) is 8.59. The van der Waals surface area contributed by atoms with Crippen LogP contribution < -0.4 is 10.0 Å². The lowest BCUT2D eigenvalue weighted by Gasteiger charge is -2.23. The van der Waals surface area contributed by atoms with Crippen molar-refractivity contribution < 1.29 is 22.7 Å². The zero-order chi connectivity index (χ0) is 20.7. The van der Waals surface area contributed by atoms with E-state index in [-0.39, 0.29) is 6.04 Å². The Kier molecular flexibility index (Phi) is 7.78. The highest BCUT2D eigenvalue weighted by Gasteiger charge is 2.23. The Morgan fingerprint density at radius 2 is 1.93 bits per heavy atom. The third-order valence-corrected chi connectivity index (χ3v) is 4.91. The van der Waals surface area contributed by atoms with Crippen LogP contribution in [0.4, 0.5) is 10.5 Å². The molecule has 0 spiro atoms. The molecule has 1 aromatic heterocycles. The number of thiazole rings is 1. The molecule has 28 heavy (non-hydrogen) atoms. The minimum Gasteiger partial charge on any atom is -0.444 e. The summed E-state index contributed by atoms with van der Waals surface area (Å²) in [6.45, 7) is 5.79. The summed E-state index contributed by atoms with van der Waals surface area (Å²) >= 11 is 1.43. The number of amides is 1. The highest BCUT2D eigenvalue weighted by Crippen LogP contribution is 2.24. The number of carbonyl (C=O) groups is 1. The number of carbonyl (C=O) groups excluding carboxylic acids is 1. The van der Waals surface area contributed by atoms with Crippen LogP contribution in [0.1, 0.15) is 43.1 Å². The molecule has 2 aromatic rings. The monoisotopic (exact) mass is 427 g/mol. The molecule has 1 heterocycles. The molecule has 0 aliphatic heterocycles. The smallest absolute Gasteiger partial charge is 0.408 e. The second kappa shape index (κ2) is 9.85. The van der Waals surface area contributed by atoms with Crippen LogP contribution in [0.2, 0.25) is 0 Å². The summed E-state index contributed by atoms with van der Waals surface area (Å²) in [5, 5.41) is 5.50. The Balaban J connectivity index is 2.18. The number of ether oxygens (including phenoxy) is 2. The van der Waals surface area contributed by atoms with Gasteiger partial charge in [-0.05, 0) is 44.9 Å². The van der Waals surface area contributed by atoms with E-state index in [9.17, 15) is 13.2 Å². The number of benzene rings is 1. The predicted molar refractivity (Wildman–Crippen MR) is 109 cm³/mol. The molecule has 154 valence electrons. The molecule has 10 heteroatoms. The van der Waals surface area contributed by atoms with Crippen molar-refractivity contribution in [2.75, 3.05) is 11.8 Å². The van der Waals surface area contributed by atoms with E-state index in [4.69, 9.17) is 9.47 Å². The van der Waals surface area contributed by atoms with E-state index in [0.717, 1.165) is 16.3 Å². The Bertz CT molecular complexity index is 849. The third-order valence-electron chi connectivity index (χ3n) is 3.46. The number of rotatable bonds is 8. The van der Waals surface area contributed by atoms with Crippen LogP contribution in [-0.2, 0) is 33.4 Å². The fraction of sp³-hybridized carbons (Fsp3) is 0.444. The second-order valence-electron chi connectivity index (χ2n) is 7.08. The first-order valence-corrected chi connectivity index (χ1v) is 10.6. The van der Waals surface area contributed by atoms with Gasteiger partial charge in [-0.3, -0.25) is 4.72 Å². The normalized spacial score (nSPS) is 12.6. The summed E-state index contributed by atoms with van der Waals surface area (Å²) in [4.78, 5) is 16.8. The Hall–Kier alpha value is -2.17. The van der Waals surface area contributed by atoms with E-state index in [2.05, 4.69) is 15.0 Å². The average molecular weight is 428 g/mol. The number of methoxy groups -OCH3 is 1. The maximum atomic E-state index is 12.3. The van der Waals surface area contributed by atoms with E-state index < -0.39 is 22.6 Å². The summed E-state index contributed by atoms with van der Waals surface area (Å²) in [7, 11) is -1.11. The molecular weight excluding hydrogens is 402 g/mol. The molecule has 0 saturated carbocycles. The van der Waals surface area contributed by atoms with Crippen molar-refractivity contribution >= 4 is 34.0 Å². The number of nitrogens with one attached hydrogen (secondary N) is 2. The summed E-state index contributed by atoms with van der Waals surface area (Å²) in [6, 6.07) is 6.55. The van der Waals surface area contributed by atoms with Gasteiger partial charge in [0.25, 0.3) is 0 Å². The molecule has 1 amide bonds. The van der Waals surface area contributed by atoms with E-state index >= 15 is 0 Å². The Labute approximate surface area is 170 Å². The molecule has 1 aromatic carbocycles. The molecule has 1 atom stereocenters. The van der Waals surface area contributed by atoms with E-state index in [1.807, 2.05) is 5.38 Å². The zero-order valence-electron chi connectivity index (χ0n) is 16.2. The first-order chi connectivity index (χ1) is 13.2. The molecule has 0 aliphatic carbocycles. The molecule has 0 bridgehead atoms. The second-order valence-corrected chi connectivity index (χ2v) is 8.71. The maximum absolute atomic E-state index is 12.3. The van der Waals surface area contributed by atoms with E-state index in [0.29, 0.717) is 18.7 Å². The number of hydrogen-bond acceptors (Lipinski definition) is 7. The number of alkyl carbamates (subject to hydrolysis) is 1. The molecule has 8 nitrogen and oxygen atoms in total. The summed E-state index contributed by atoms with van der Waals surface area (Å²) in [5.41, 5.74) is 1.57. The number of aromatic nitrogens is 1. The van der Waals surface area contributed by atoms with Gasteiger partial charge in [0.1, 0.15) is 10.6 Å². The Morgan fingerprint density at radius 1 is 1.25 bits per heavy atom. The molecule has 0 saturated heterocycles. The van der Waals surface area contributed by atoms with Gasteiger partial charge in [-0.15, -0.1) is 11.3 Å². The SMILES string of the molecule is COCc1csc([C@H](Cc2ccc(N[SH](=O)=O)cc2)NC(=O)OC(C)(C)C)n1. The van der Waals surface area contributed by atoms with Gasteiger partial charge in [0.05, 0.1) is 18.3 Å². The third kappa shape index (κ3) is 7.45. The quantitative estimate of drug-likeness (QED) is 0.559. The van der Waals surface area contributed by atoms with Crippen molar-refractivity contribution in [2.45, 2.75) is 45.4 Å². The van der Waals surface area contributed by atoms with Gasteiger partial charge >= 0.3 is 6.09 Å². The van der Waals surface area contributed by atoms with Crippen molar-refractivity contribution in [3.8, 4) is 0 Å². The first kappa shape index (κ1) is 22.1. The van der Waals surface area contributed by atoms with Crippen LogP contribution in [0.15, 0.2) is 29.6 Å². The predicted octanol–water partition coefficient (Wildman–Crippen LogP) is 3.04. The van der Waals surface area contributed by atoms with Gasteiger partial charge in [-0.1, -0.05) is 12.1 Å². The van der Waals surface area contributed by atoms with Gasteiger partial charge in [0.2, 0.25) is 10.9 Å². The lowest BCUT2D eigenvalue weighted by Crippen LogP contribution is -2.35. The number of anilines is 1. The fourth-order valence-corrected chi connectivity index (χ4v) is 3.62. The van der Waals surface area contributed by atoms with Gasteiger partial charge in [-0.2, -0.15) is 0 Å². The van der Waals surface area contributed by atoms with Crippen molar-refractivity contribution in [3.63, 3.8) is 0 Å². The standard InChI is InChI=1S/C18H25N3O5S2/c1-18(2,3)26-17(22)20-15(16-19-14(10-25-4)11-27-16)9-12-5-7-13(8-6-12)21-28(23)24/h5-8,11,15,28H,9-10H2,1-4H3,(H,20,22)(H,21,23,24)/t15-/m0/s1. The minimum atomic E-state index is -2.71. The van der Waals surface area contributed by atoms with Gasteiger partial charge < -0.3 is 14.8 Å². The summed E-state index contributed by atoms with van der Waals surface area (Å²) < 4.78 is 34.3. The van der Waals surface area contributed by atoms with Gasteiger partial charge in [-0.25, -0.2) is 18.2 Å². The molecule has 2 rings (SSSR count). The van der Waals surface area contributed by atoms with Crippen LogP contribution in [0.25, 0.3) is 0 Å². The van der Waals surface area contributed by atoms with E-state index in [1.165, 1.54) is 11.3 Å². The average Bonchev–Trinajstić information content (AvgIpc) is 3.03. The van der Waals surface area contributed by atoms with Crippen LogP contribution >= 0.6 is 11.3 Å². The van der Waals surface area contributed by atoms with Crippen LogP contribution in [0, 0.1) is 0 Å². The maximum Gasteiger partial charge on any atom is 0.408 e. The van der Waals surface area contributed by atoms with E-state index in [1.54, 1.807) is 52.1 Å². The Morgan fingerprint density at radius 3 is 2.50 bits per heavy atom. The van der Waals surface area contributed by atoms with Crippen LogP contribution in [0.3, 0.4) is 0 Å². The molecule has 2 N–H and O–H groups in total. The highest BCUT2D eigenvalue weighted by molar-refractivity contribution is 7.73. The largest absolute Gasteiger partial charge is 0.444 e. The zero-order valence-corrected chi connectivity index (χ0v) is 17.9. The molecule has 0 fully saturated rings. The van der Waals surface area contributed by atoms with Crippen LogP contribution in [0.5, 0.6) is 0 Å². The van der Waals surface area contributed by atoms with Crippen molar-refractivity contribution in [1.29, 1.82) is 0 Å².